The lowest BCUT2D eigenvalue weighted by Crippen LogP contribution is -2.45. The van der Waals surface area contributed by atoms with E-state index in [2.05, 4.69) is 42.2 Å². The maximum Gasteiger partial charge on any atom is 0.275 e. The number of anilines is 2. The van der Waals surface area contributed by atoms with Gasteiger partial charge in [-0.25, -0.2) is 18.7 Å². The highest BCUT2D eigenvalue weighted by Gasteiger charge is 2.47. The molecular formula is C31H32F2N6O. The summed E-state index contributed by atoms with van der Waals surface area (Å²) in [6.45, 7) is 5.19. The van der Waals surface area contributed by atoms with Gasteiger partial charge in [0.25, 0.3) is 11.8 Å². The van der Waals surface area contributed by atoms with Crippen LogP contribution in [0.15, 0.2) is 48.8 Å². The van der Waals surface area contributed by atoms with E-state index in [1.807, 2.05) is 20.0 Å². The molecular weight excluding hydrogens is 510 g/mol. The van der Waals surface area contributed by atoms with Crippen LogP contribution in [-0.2, 0) is 5.92 Å². The van der Waals surface area contributed by atoms with Crippen LogP contribution in [0.4, 0.5) is 20.4 Å². The van der Waals surface area contributed by atoms with Crippen molar-refractivity contribution in [1.29, 1.82) is 0 Å². The molecule has 0 spiro atoms. The molecule has 2 aliphatic carbocycles. The molecule has 6 rings (SSSR count). The molecule has 1 aromatic heterocycles. The Hall–Kier alpha value is -3.87. The summed E-state index contributed by atoms with van der Waals surface area (Å²) in [5.74, 6) is 3.45. The van der Waals surface area contributed by atoms with Crippen LogP contribution < -0.4 is 10.6 Å². The third kappa shape index (κ3) is 5.69. The quantitative estimate of drug-likeness (QED) is 0.452. The number of halogens is 2. The summed E-state index contributed by atoms with van der Waals surface area (Å²) in [4.78, 5) is 26.1. The number of carbonyl (C=O) groups is 1. The number of hydrogen-bond donors (Lipinski definition) is 2. The molecule has 7 nitrogen and oxygen atoms in total. The Balaban J connectivity index is 1.16. The molecule has 0 bridgehead atoms. The lowest BCUT2D eigenvalue weighted by molar-refractivity contribution is -0.0257. The number of hydrogen-bond acceptors (Lipinski definition) is 6. The normalized spacial score (nSPS) is 20.4. The molecule has 0 radical (unpaired) electrons. The largest absolute Gasteiger partial charge is 0.351 e. The first-order valence-corrected chi connectivity index (χ1v) is 13.7. The minimum Gasteiger partial charge on any atom is -0.351 e. The summed E-state index contributed by atoms with van der Waals surface area (Å²) in [7, 11) is 2.05. The Morgan fingerprint density at radius 2 is 1.77 bits per heavy atom. The number of fused-ring (bicyclic) bond motifs is 1. The number of aryl methyl sites for hydroxylation is 1. The molecule has 1 aliphatic heterocycles. The molecule has 2 fully saturated rings. The van der Waals surface area contributed by atoms with Gasteiger partial charge in [-0.2, -0.15) is 0 Å². The summed E-state index contributed by atoms with van der Waals surface area (Å²) in [5.41, 5.74) is 3.70. The molecule has 1 atom stereocenters. The standard InChI is InChI=1S/C31H32F2N6O/c1-20-3-5-23(15-22(20)6-4-21-18-34-30(35-19-21)37-24-7-8-24)29(40)36-25-9-10-26-27(16-25)31(32,33)17-28(26)39-13-11-38(2)12-14-39/h3,5,9-10,15-16,18-19,24,28H,7-8,11-14,17H2,1-2H3,(H,36,40)(H,34,35,37). The second kappa shape index (κ2) is 10.6. The molecule has 1 saturated heterocycles. The highest BCUT2D eigenvalue weighted by atomic mass is 19.3. The van der Waals surface area contributed by atoms with Crippen molar-refractivity contribution in [1.82, 2.24) is 19.8 Å². The minimum atomic E-state index is -2.94. The average molecular weight is 543 g/mol. The molecule has 2 heterocycles. The van der Waals surface area contributed by atoms with E-state index in [4.69, 9.17) is 0 Å². The number of amides is 1. The van der Waals surface area contributed by atoms with Gasteiger partial charge in [0.15, 0.2) is 0 Å². The second-order valence-corrected chi connectivity index (χ2v) is 11.0. The van der Waals surface area contributed by atoms with Crippen molar-refractivity contribution in [2.45, 2.75) is 44.2 Å². The van der Waals surface area contributed by atoms with Gasteiger partial charge in [-0.3, -0.25) is 9.69 Å². The molecule has 3 aliphatic rings. The predicted octanol–water partition coefficient (Wildman–Crippen LogP) is 4.80. The Labute approximate surface area is 233 Å². The van der Waals surface area contributed by atoms with Gasteiger partial charge in [-0.1, -0.05) is 24.0 Å². The fourth-order valence-electron chi connectivity index (χ4n) is 5.28. The second-order valence-electron chi connectivity index (χ2n) is 11.0. The molecule has 9 heteroatoms. The summed E-state index contributed by atoms with van der Waals surface area (Å²) in [5, 5.41) is 6.05. The third-order valence-corrected chi connectivity index (χ3v) is 7.90. The molecule has 206 valence electrons. The number of likely N-dealkylation sites (N-methyl/N-ethyl adjacent to an activating group) is 1. The Kier molecular flexibility index (Phi) is 6.99. The summed E-state index contributed by atoms with van der Waals surface area (Å²) in [6, 6.07) is 10.3. The molecule has 1 amide bonds. The fraction of sp³-hybridized carbons (Fsp3) is 0.387. The van der Waals surface area contributed by atoms with Crippen molar-refractivity contribution in [3.63, 3.8) is 0 Å². The van der Waals surface area contributed by atoms with E-state index in [0.29, 0.717) is 39.9 Å². The number of nitrogens with zero attached hydrogens (tertiary/aromatic N) is 4. The molecule has 2 N–H and O–H groups in total. The van der Waals surface area contributed by atoms with E-state index in [1.165, 1.54) is 6.07 Å². The molecule has 1 saturated carbocycles. The SMILES string of the molecule is Cc1ccc(C(=O)Nc2ccc3c(c2)C(F)(F)CC3N2CCN(C)CC2)cc1C#Cc1cnc(NC2CC2)nc1. The van der Waals surface area contributed by atoms with E-state index in [9.17, 15) is 4.79 Å². The van der Waals surface area contributed by atoms with Gasteiger partial charge in [0.1, 0.15) is 0 Å². The summed E-state index contributed by atoms with van der Waals surface area (Å²) >= 11 is 0. The van der Waals surface area contributed by atoms with Crippen molar-refractivity contribution in [2.75, 3.05) is 43.9 Å². The third-order valence-electron chi connectivity index (χ3n) is 7.90. The van der Waals surface area contributed by atoms with Gasteiger partial charge < -0.3 is 15.5 Å². The van der Waals surface area contributed by atoms with Crippen LogP contribution >= 0.6 is 0 Å². The first-order chi connectivity index (χ1) is 19.2. The van der Waals surface area contributed by atoms with E-state index < -0.39 is 5.92 Å². The van der Waals surface area contributed by atoms with Crippen LogP contribution in [0.25, 0.3) is 0 Å². The zero-order valence-electron chi connectivity index (χ0n) is 22.7. The van der Waals surface area contributed by atoms with E-state index in [-0.39, 0.29) is 23.9 Å². The minimum absolute atomic E-state index is 0.00487. The zero-order chi connectivity index (χ0) is 27.9. The van der Waals surface area contributed by atoms with Crippen molar-refractivity contribution in [2.24, 2.45) is 0 Å². The lowest BCUT2D eigenvalue weighted by atomic mass is 10.0. The first kappa shape index (κ1) is 26.4. The van der Waals surface area contributed by atoms with E-state index in [1.54, 1.807) is 36.7 Å². The van der Waals surface area contributed by atoms with Crippen LogP contribution in [0.2, 0.25) is 0 Å². The van der Waals surface area contributed by atoms with Crippen molar-refractivity contribution < 1.29 is 13.6 Å². The van der Waals surface area contributed by atoms with E-state index >= 15 is 8.78 Å². The van der Waals surface area contributed by atoms with Gasteiger partial charge in [0, 0.05) is 79.5 Å². The topological polar surface area (TPSA) is 73.4 Å². The number of rotatable bonds is 5. The van der Waals surface area contributed by atoms with Crippen LogP contribution in [0, 0.1) is 18.8 Å². The fourth-order valence-corrected chi connectivity index (χ4v) is 5.28. The monoisotopic (exact) mass is 542 g/mol. The van der Waals surface area contributed by atoms with Gasteiger partial charge in [-0.05, 0) is 62.2 Å². The van der Waals surface area contributed by atoms with Crippen LogP contribution in [0.1, 0.15) is 63.5 Å². The number of aromatic nitrogens is 2. The maximum atomic E-state index is 15.1. The molecule has 40 heavy (non-hydrogen) atoms. The van der Waals surface area contributed by atoms with Crippen LogP contribution in [-0.4, -0.2) is 64.9 Å². The number of alkyl halides is 2. The number of benzene rings is 2. The number of nitrogens with one attached hydrogen (secondary N) is 2. The number of piperazine rings is 1. The maximum absolute atomic E-state index is 15.1. The average Bonchev–Trinajstić information content (AvgIpc) is 3.72. The molecule has 3 aromatic rings. The lowest BCUT2D eigenvalue weighted by Gasteiger charge is -2.36. The van der Waals surface area contributed by atoms with Crippen LogP contribution in [0.3, 0.4) is 0 Å². The first-order valence-electron chi connectivity index (χ1n) is 13.7. The van der Waals surface area contributed by atoms with Gasteiger partial charge >= 0.3 is 0 Å². The highest BCUT2D eigenvalue weighted by Crippen LogP contribution is 2.50. The van der Waals surface area contributed by atoms with Crippen molar-refractivity contribution in [3.8, 4) is 11.8 Å². The predicted molar refractivity (Wildman–Crippen MR) is 151 cm³/mol. The Bertz CT molecular complexity index is 1480. The zero-order valence-corrected chi connectivity index (χ0v) is 22.7. The summed E-state index contributed by atoms with van der Waals surface area (Å²) in [6.07, 6.45) is 5.41. The molecule has 1 unspecified atom stereocenters. The van der Waals surface area contributed by atoms with Gasteiger partial charge in [0.05, 0.1) is 5.56 Å². The highest BCUT2D eigenvalue weighted by molar-refractivity contribution is 6.04. The van der Waals surface area contributed by atoms with Crippen molar-refractivity contribution >= 4 is 17.5 Å². The van der Waals surface area contributed by atoms with E-state index in [0.717, 1.165) is 44.6 Å². The Morgan fingerprint density at radius 3 is 2.50 bits per heavy atom. The smallest absolute Gasteiger partial charge is 0.275 e. The Morgan fingerprint density at radius 1 is 1.02 bits per heavy atom. The molecule has 2 aromatic carbocycles. The number of carbonyl (C=O) groups excluding carboxylic acids is 1. The van der Waals surface area contributed by atoms with Gasteiger partial charge in [0.2, 0.25) is 5.95 Å². The van der Waals surface area contributed by atoms with Crippen molar-refractivity contribution in [3.05, 3.63) is 82.2 Å². The summed E-state index contributed by atoms with van der Waals surface area (Å²) < 4.78 is 30.2. The van der Waals surface area contributed by atoms with Crippen LogP contribution in [0.5, 0.6) is 0 Å². The van der Waals surface area contributed by atoms with Gasteiger partial charge in [-0.15, -0.1) is 0 Å².